The number of aromatic nitrogens is 1. The number of H-pyrrole nitrogens is 1. The van der Waals surface area contributed by atoms with Gasteiger partial charge in [0.05, 0.1) is 0 Å². The molecule has 138 valence electrons. The lowest BCUT2D eigenvalue weighted by Gasteiger charge is -2.21. The van der Waals surface area contributed by atoms with Crippen LogP contribution in [0.5, 0.6) is 0 Å². The number of amides is 1. The second kappa shape index (κ2) is 8.73. The van der Waals surface area contributed by atoms with E-state index in [1.54, 1.807) is 22.7 Å². The standard InChI is InChI=1S/C22H22N2O2S/c1-3-11-24(12-13-27-17-7-5-4-6-8-17)22(26)19-15-23-20-10-9-16(2)14-18(20)21(19)25/h3-10,14-15H,1,11-13H2,2H3,(H,23,25). The first-order valence-corrected chi connectivity index (χ1v) is 9.79. The van der Waals surface area contributed by atoms with Crippen molar-refractivity contribution >= 4 is 28.6 Å². The number of hydrogen-bond acceptors (Lipinski definition) is 3. The molecule has 0 aliphatic rings. The molecule has 0 unspecified atom stereocenters. The lowest BCUT2D eigenvalue weighted by Crippen LogP contribution is -2.36. The molecule has 3 aromatic rings. The van der Waals surface area contributed by atoms with E-state index in [-0.39, 0.29) is 16.9 Å². The smallest absolute Gasteiger partial charge is 0.259 e. The summed E-state index contributed by atoms with van der Waals surface area (Å²) >= 11 is 1.68. The maximum atomic E-state index is 13.0. The van der Waals surface area contributed by atoms with Crippen molar-refractivity contribution < 1.29 is 4.79 Å². The fourth-order valence-corrected chi connectivity index (χ4v) is 3.78. The van der Waals surface area contributed by atoms with Crippen molar-refractivity contribution in [2.75, 3.05) is 18.8 Å². The first-order chi connectivity index (χ1) is 13.1. The third-order valence-corrected chi connectivity index (χ3v) is 5.27. The van der Waals surface area contributed by atoms with Crippen LogP contribution in [0.4, 0.5) is 0 Å². The average Bonchev–Trinajstić information content (AvgIpc) is 2.68. The molecule has 2 aromatic carbocycles. The Morgan fingerprint density at radius 1 is 1.22 bits per heavy atom. The van der Waals surface area contributed by atoms with Crippen LogP contribution < -0.4 is 5.43 Å². The van der Waals surface area contributed by atoms with E-state index >= 15 is 0 Å². The quantitative estimate of drug-likeness (QED) is 0.494. The summed E-state index contributed by atoms with van der Waals surface area (Å²) in [6.07, 6.45) is 3.20. The third-order valence-electron chi connectivity index (χ3n) is 4.28. The lowest BCUT2D eigenvalue weighted by molar-refractivity contribution is 0.0782. The summed E-state index contributed by atoms with van der Waals surface area (Å²) in [6.45, 7) is 6.61. The summed E-state index contributed by atoms with van der Waals surface area (Å²) in [5, 5.41) is 0.540. The summed E-state index contributed by atoms with van der Waals surface area (Å²) in [5.41, 5.74) is 1.65. The zero-order valence-electron chi connectivity index (χ0n) is 15.3. The van der Waals surface area contributed by atoms with Crippen LogP contribution in [0.2, 0.25) is 0 Å². The van der Waals surface area contributed by atoms with Gasteiger partial charge in [-0.3, -0.25) is 9.59 Å². The maximum absolute atomic E-state index is 13.0. The Morgan fingerprint density at radius 2 is 2.00 bits per heavy atom. The summed E-state index contributed by atoms with van der Waals surface area (Å²) in [5.74, 6) is 0.474. The number of aryl methyl sites for hydroxylation is 1. The Kier molecular flexibility index (Phi) is 6.14. The van der Waals surface area contributed by atoms with E-state index in [0.29, 0.717) is 18.5 Å². The summed E-state index contributed by atoms with van der Waals surface area (Å²) in [6, 6.07) is 15.7. The third kappa shape index (κ3) is 4.49. The van der Waals surface area contributed by atoms with Gasteiger partial charge in [0.15, 0.2) is 0 Å². The minimum atomic E-state index is -0.270. The van der Waals surface area contributed by atoms with E-state index in [2.05, 4.69) is 11.6 Å². The van der Waals surface area contributed by atoms with Crippen LogP contribution in [0.15, 0.2) is 77.1 Å². The van der Waals surface area contributed by atoms with Gasteiger partial charge in [-0.05, 0) is 31.2 Å². The normalized spacial score (nSPS) is 10.7. The minimum absolute atomic E-state index is 0.166. The Hall–Kier alpha value is -2.79. The summed E-state index contributed by atoms with van der Waals surface area (Å²) < 4.78 is 0. The van der Waals surface area contributed by atoms with Crippen molar-refractivity contribution in [1.29, 1.82) is 0 Å². The van der Waals surface area contributed by atoms with Gasteiger partial charge >= 0.3 is 0 Å². The number of rotatable bonds is 7. The highest BCUT2D eigenvalue weighted by molar-refractivity contribution is 7.99. The minimum Gasteiger partial charge on any atom is -0.360 e. The SMILES string of the molecule is C=CCN(CCSc1ccccc1)C(=O)c1c[nH]c2ccc(C)cc2c1=O. The van der Waals surface area contributed by atoms with E-state index in [1.807, 2.05) is 55.5 Å². The Labute approximate surface area is 162 Å². The van der Waals surface area contributed by atoms with E-state index in [4.69, 9.17) is 0 Å². The molecule has 4 nitrogen and oxygen atoms in total. The van der Waals surface area contributed by atoms with Crippen molar-refractivity contribution in [3.05, 3.63) is 88.7 Å². The van der Waals surface area contributed by atoms with Crippen molar-refractivity contribution in [3.8, 4) is 0 Å². The zero-order valence-corrected chi connectivity index (χ0v) is 16.1. The van der Waals surface area contributed by atoms with Crippen LogP contribution >= 0.6 is 11.8 Å². The van der Waals surface area contributed by atoms with Crippen molar-refractivity contribution in [3.63, 3.8) is 0 Å². The van der Waals surface area contributed by atoms with Gasteiger partial charge in [-0.25, -0.2) is 0 Å². The summed E-state index contributed by atoms with van der Waals surface area (Å²) in [7, 11) is 0. The monoisotopic (exact) mass is 378 g/mol. The highest BCUT2D eigenvalue weighted by Gasteiger charge is 2.19. The van der Waals surface area contributed by atoms with Gasteiger partial charge in [-0.15, -0.1) is 18.3 Å². The van der Waals surface area contributed by atoms with Crippen molar-refractivity contribution in [1.82, 2.24) is 9.88 Å². The fraction of sp³-hybridized carbons (Fsp3) is 0.182. The van der Waals surface area contributed by atoms with Crippen LogP contribution in [0.3, 0.4) is 0 Å². The molecule has 0 radical (unpaired) electrons. The number of hydrogen-bond donors (Lipinski definition) is 1. The van der Waals surface area contributed by atoms with Crippen LogP contribution in [0.25, 0.3) is 10.9 Å². The molecular formula is C22H22N2O2S. The van der Waals surface area contributed by atoms with Crippen molar-refractivity contribution in [2.45, 2.75) is 11.8 Å². The van der Waals surface area contributed by atoms with E-state index in [9.17, 15) is 9.59 Å². The number of nitrogens with zero attached hydrogens (tertiary/aromatic N) is 1. The van der Waals surface area contributed by atoms with E-state index in [1.165, 1.54) is 6.20 Å². The topological polar surface area (TPSA) is 53.2 Å². The second-order valence-corrected chi connectivity index (χ2v) is 7.45. The molecule has 0 saturated heterocycles. The van der Waals surface area contributed by atoms with Gasteiger partial charge in [-0.1, -0.05) is 35.9 Å². The molecule has 1 amide bonds. The van der Waals surface area contributed by atoms with E-state index in [0.717, 1.165) is 21.7 Å². The predicted molar refractivity (Wildman–Crippen MR) is 113 cm³/mol. The van der Waals surface area contributed by atoms with Crippen LogP contribution in [-0.2, 0) is 0 Å². The van der Waals surface area contributed by atoms with Crippen LogP contribution in [0, 0.1) is 6.92 Å². The van der Waals surface area contributed by atoms with Gasteiger partial charge in [-0.2, -0.15) is 0 Å². The summed E-state index contributed by atoms with van der Waals surface area (Å²) in [4.78, 5) is 31.7. The molecule has 0 bridgehead atoms. The average molecular weight is 378 g/mol. The van der Waals surface area contributed by atoms with Gasteiger partial charge < -0.3 is 9.88 Å². The fourth-order valence-electron chi connectivity index (χ4n) is 2.88. The molecule has 27 heavy (non-hydrogen) atoms. The lowest BCUT2D eigenvalue weighted by atomic mass is 10.1. The number of thioether (sulfide) groups is 1. The predicted octanol–water partition coefficient (Wildman–Crippen LogP) is 4.26. The zero-order chi connectivity index (χ0) is 19.2. The second-order valence-electron chi connectivity index (χ2n) is 6.28. The molecule has 0 aliphatic heterocycles. The number of benzene rings is 2. The molecule has 0 atom stereocenters. The largest absolute Gasteiger partial charge is 0.360 e. The number of aromatic amines is 1. The molecular weight excluding hydrogens is 356 g/mol. The van der Waals surface area contributed by atoms with Gasteiger partial charge in [0.2, 0.25) is 5.43 Å². The van der Waals surface area contributed by atoms with E-state index < -0.39 is 0 Å². The first-order valence-electron chi connectivity index (χ1n) is 8.80. The van der Waals surface area contributed by atoms with Gasteiger partial charge in [0, 0.05) is 40.8 Å². The van der Waals surface area contributed by atoms with Gasteiger partial charge in [0.25, 0.3) is 5.91 Å². The molecule has 0 spiro atoms. The number of fused-ring (bicyclic) bond motifs is 1. The Balaban J connectivity index is 1.80. The molecule has 1 N–H and O–H groups in total. The highest BCUT2D eigenvalue weighted by atomic mass is 32.2. The number of pyridine rings is 1. The molecule has 0 fully saturated rings. The van der Waals surface area contributed by atoms with Crippen LogP contribution in [-0.4, -0.2) is 34.6 Å². The molecule has 3 rings (SSSR count). The molecule has 0 saturated carbocycles. The highest BCUT2D eigenvalue weighted by Crippen LogP contribution is 2.17. The number of carbonyl (C=O) groups excluding carboxylic acids is 1. The number of nitrogens with one attached hydrogen (secondary N) is 1. The molecule has 0 aliphatic carbocycles. The Bertz CT molecular complexity index is 1010. The molecule has 1 heterocycles. The number of carbonyl (C=O) groups is 1. The van der Waals surface area contributed by atoms with Gasteiger partial charge in [0.1, 0.15) is 5.56 Å². The maximum Gasteiger partial charge on any atom is 0.259 e. The van der Waals surface area contributed by atoms with Crippen molar-refractivity contribution in [2.24, 2.45) is 0 Å². The molecule has 5 heteroatoms. The Morgan fingerprint density at radius 3 is 2.74 bits per heavy atom. The molecule has 1 aromatic heterocycles. The van der Waals surface area contributed by atoms with Crippen LogP contribution in [0.1, 0.15) is 15.9 Å². The first kappa shape index (κ1) is 19.0.